The molecule has 0 aliphatic heterocycles. The van der Waals surface area contributed by atoms with E-state index >= 15 is 0 Å². The maximum absolute atomic E-state index is 11.8. The highest BCUT2D eigenvalue weighted by atomic mass is 16.1. The van der Waals surface area contributed by atoms with Gasteiger partial charge < -0.3 is 0 Å². The molecule has 1 unspecified atom stereocenters. The van der Waals surface area contributed by atoms with E-state index in [1.165, 1.54) is 12.2 Å². The smallest absolute Gasteiger partial charge is 0.182 e. The molecule has 0 bridgehead atoms. The van der Waals surface area contributed by atoms with Crippen LogP contribution in [-0.2, 0) is 14.4 Å². The van der Waals surface area contributed by atoms with Crippen LogP contribution in [0.3, 0.4) is 0 Å². The molecule has 0 saturated heterocycles. The molecule has 0 aromatic carbocycles. The Morgan fingerprint density at radius 3 is 2.56 bits per heavy atom. The Balaban J connectivity index is 2.66. The van der Waals surface area contributed by atoms with E-state index < -0.39 is 0 Å². The van der Waals surface area contributed by atoms with Crippen molar-refractivity contribution in [1.29, 1.82) is 0 Å². The average molecular weight is 246 g/mol. The SMILES string of the molecule is CC1=CC(=O)C(C(C)CC/C=C(\C)C=O)=CC1=O. The van der Waals surface area contributed by atoms with Crippen LogP contribution in [0.5, 0.6) is 0 Å². The molecule has 0 N–H and O–H groups in total. The lowest BCUT2D eigenvalue weighted by molar-refractivity contribution is -0.115. The number of hydrogen-bond acceptors (Lipinski definition) is 3. The van der Waals surface area contributed by atoms with Crippen molar-refractivity contribution in [3.05, 3.63) is 34.9 Å². The molecule has 18 heavy (non-hydrogen) atoms. The third-order valence-corrected chi connectivity index (χ3v) is 3.09. The molecule has 0 saturated carbocycles. The van der Waals surface area contributed by atoms with E-state index in [1.54, 1.807) is 13.8 Å². The van der Waals surface area contributed by atoms with Crippen molar-refractivity contribution in [2.24, 2.45) is 5.92 Å². The zero-order valence-corrected chi connectivity index (χ0v) is 11.0. The van der Waals surface area contributed by atoms with Crippen LogP contribution in [0.4, 0.5) is 0 Å². The molecule has 0 heterocycles. The van der Waals surface area contributed by atoms with E-state index in [1.807, 2.05) is 13.0 Å². The lowest BCUT2D eigenvalue weighted by atomic mass is 9.87. The minimum atomic E-state index is -0.0870. The summed E-state index contributed by atoms with van der Waals surface area (Å²) in [5.74, 6) is -0.131. The first kappa shape index (κ1) is 14.3. The van der Waals surface area contributed by atoms with Gasteiger partial charge in [-0.05, 0) is 50.3 Å². The van der Waals surface area contributed by atoms with Gasteiger partial charge >= 0.3 is 0 Å². The van der Waals surface area contributed by atoms with Gasteiger partial charge in [-0.2, -0.15) is 0 Å². The van der Waals surface area contributed by atoms with Crippen LogP contribution in [0.25, 0.3) is 0 Å². The second-order valence-corrected chi connectivity index (χ2v) is 4.70. The summed E-state index contributed by atoms with van der Waals surface area (Å²) in [7, 11) is 0. The minimum absolute atomic E-state index is 0.0292. The van der Waals surface area contributed by atoms with Gasteiger partial charge in [0.05, 0.1) is 0 Å². The van der Waals surface area contributed by atoms with Crippen molar-refractivity contribution in [2.45, 2.75) is 33.6 Å². The lowest BCUT2D eigenvalue weighted by Crippen LogP contribution is -2.16. The first-order valence-corrected chi connectivity index (χ1v) is 6.06. The Kier molecular flexibility index (Phi) is 4.95. The molecule has 1 atom stereocenters. The molecule has 0 aromatic rings. The summed E-state index contributed by atoms with van der Waals surface area (Å²) >= 11 is 0. The Hall–Kier alpha value is -1.77. The predicted octanol–water partition coefficient (Wildman–Crippen LogP) is 2.57. The number of ketones is 2. The van der Waals surface area contributed by atoms with Crippen LogP contribution in [0.15, 0.2) is 34.9 Å². The van der Waals surface area contributed by atoms with Gasteiger partial charge in [0, 0.05) is 11.1 Å². The van der Waals surface area contributed by atoms with Gasteiger partial charge in [-0.1, -0.05) is 13.0 Å². The van der Waals surface area contributed by atoms with Gasteiger partial charge in [-0.15, -0.1) is 0 Å². The summed E-state index contributed by atoms with van der Waals surface area (Å²) in [6, 6.07) is 0. The highest BCUT2D eigenvalue weighted by Crippen LogP contribution is 2.22. The average Bonchev–Trinajstić information content (AvgIpc) is 2.33. The monoisotopic (exact) mass is 246 g/mol. The van der Waals surface area contributed by atoms with Crippen LogP contribution >= 0.6 is 0 Å². The summed E-state index contributed by atoms with van der Waals surface area (Å²) in [6.45, 7) is 5.32. The number of hydrogen-bond donors (Lipinski definition) is 0. The van der Waals surface area contributed by atoms with Crippen LogP contribution in [0, 0.1) is 5.92 Å². The summed E-state index contributed by atoms with van der Waals surface area (Å²) in [6.07, 6.45) is 6.99. The summed E-state index contributed by atoms with van der Waals surface area (Å²) in [5, 5.41) is 0. The van der Waals surface area contributed by atoms with Crippen molar-refractivity contribution >= 4 is 17.9 Å². The van der Waals surface area contributed by atoms with Crippen molar-refractivity contribution in [1.82, 2.24) is 0 Å². The Morgan fingerprint density at radius 2 is 1.94 bits per heavy atom. The third-order valence-electron chi connectivity index (χ3n) is 3.09. The summed E-state index contributed by atoms with van der Waals surface area (Å²) < 4.78 is 0. The Morgan fingerprint density at radius 1 is 1.28 bits per heavy atom. The van der Waals surface area contributed by atoms with Crippen LogP contribution in [0.1, 0.15) is 33.6 Å². The van der Waals surface area contributed by atoms with Crippen molar-refractivity contribution in [2.75, 3.05) is 0 Å². The number of aldehydes is 1. The zero-order chi connectivity index (χ0) is 13.7. The van der Waals surface area contributed by atoms with E-state index in [9.17, 15) is 14.4 Å². The lowest BCUT2D eigenvalue weighted by Gasteiger charge is -2.16. The second kappa shape index (κ2) is 6.24. The number of rotatable bonds is 5. The highest BCUT2D eigenvalue weighted by Gasteiger charge is 2.21. The zero-order valence-electron chi connectivity index (χ0n) is 11.0. The van der Waals surface area contributed by atoms with Gasteiger partial charge in [0.25, 0.3) is 0 Å². The molecule has 3 nitrogen and oxygen atoms in total. The fourth-order valence-electron chi connectivity index (χ4n) is 1.83. The molecule has 0 amide bonds. The van der Waals surface area contributed by atoms with E-state index in [-0.39, 0.29) is 17.5 Å². The number of carbonyl (C=O) groups excluding carboxylic acids is 3. The molecular formula is C15H18O3. The van der Waals surface area contributed by atoms with Gasteiger partial charge in [0.2, 0.25) is 0 Å². The van der Waals surface area contributed by atoms with Gasteiger partial charge in [0.1, 0.15) is 6.29 Å². The Bertz CT molecular complexity index is 464. The maximum Gasteiger partial charge on any atom is 0.182 e. The normalized spacial score (nSPS) is 18.3. The Labute approximate surface area is 107 Å². The van der Waals surface area contributed by atoms with Crippen LogP contribution in [0.2, 0.25) is 0 Å². The van der Waals surface area contributed by atoms with Crippen LogP contribution in [-0.4, -0.2) is 17.9 Å². The van der Waals surface area contributed by atoms with Gasteiger partial charge in [0.15, 0.2) is 11.6 Å². The quantitative estimate of drug-likeness (QED) is 0.425. The largest absolute Gasteiger partial charge is 0.298 e. The molecule has 0 fully saturated rings. The van der Waals surface area contributed by atoms with E-state index in [0.29, 0.717) is 16.7 Å². The topological polar surface area (TPSA) is 51.2 Å². The van der Waals surface area contributed by atoms with Crippen LogP contribution < -0.4 is 0 Å². The molecular weight excluding hydrogens is 228 g/mol. The molecule has 0 aromatic heterocycles. The molecule has 1 aliphatic carbocycles. The molecule has 0 radical (unpaired) electrons. The molecule has 1 rings (SSSR count). The molecule has 96 valence electrons. The highest BCUT2D eigenvalue weighted by molar-refractivity contribution is 6.19. The van der Waals surface area contributed by atoms with Crippen molar-refractivity contribution < 1.29 is 14.4 Å². The van der Waals surface area contributed by atoms with E-state index in [0.717, 1.165) is 19.1 Å². The minimum Gasteiger partial charge on any atom is -0.298 e. The van der Waals surface area contributed by atoms with E-state index in [4.69, 9.17) is 0 Å². The second-order valence-electron chi connectivity index (χ2n) is 4.70. The predicted molar refractivity (Wildman–Crippen MR) is 70.1 cm³/mol. The summed E-state index contributed by atoms with van der Waals surface area (Å²) in [5.41, 5.74) is 1.76. The standard InChI is InChI=1S/C15H18O3/c1-10(9-16)5-4-6-11(2)13-8-14(17)12(3)7-15(13)18/h5,7-9,11H,4,6H2,1-3H3/b10-5+. The number of carbonyl (C=O) groups is 3. The van der Waals surface area contributed by atoms with Crippen molar-refractivity contribution in [3.63, 3.8) is 0 Å². The van der Waals surface area contributed by atoms with Crippen molar-refractivity contribution in [3.8, 4) is 0 Å². The fraction of sp³-hybridized carbons (Fsp3) is 0.400. The summed E-state index contributed by atoms with van der Waals surface area (Å²) in [4.78, 5) is 33.7. The first-order valence-electron chi connectivity index (χ1n) is 6.06. The molecule has 3 heteroatoms. The maximum atomic E-state index is 11.8. The molecule has 0 spiro atoms. The first-order chi connectivity index (χ1) is 8.45. The van der Waals surface area contributed by atoms with Gasteiger partial charge in [-0.3, -0.25) is 14.4 Å². The fourth-order valence-corrected chi connectivity index (χ4v) is 1.83. The number of allylic oxidation sites excluding steroid dienone is 6. The molecule has 1 aliphatic rings. The third kappa shape index (κ3) is 3.62. The van der Waals surface area contributed by atoms with E-state index in [2.05, 4.69) is 0 Å². The van der Waals surface area contributed by atoms with Gasteiger partial charge in [-0.25, -0.2) is 0 Å².